The first-order valence-electron chi connectivity index (χ1n) is 7.71. The zero-order valence-corrected chi connectivity index (χ0v) is 14.1. The standard InChI is InChI=1S/C19H21NO4/c1-4-17(21)13-6-5-7-14(10-13)19(22)20-12-15-8-9-16(23-2)11-18(15)24-3/h5-11H,4,12H2,1-3H3,(H,20,22). The molecule has 0 saturated heterocycles. The molecule has 5 nitrogen and oxygen atoms in total. The first-order chi connectivity index (χ1) is 11.6. The third kappa shape index (κ3) is 4.13. The van der Waals surface area contributed by atoms with E-state index in [-0.39, 0.29) is 11.7 Å². The van der Waals surface area contributed by atoms with E-state index in [0.717, 1.165) is 5.56 Å². The first kappa shape index (κ1) is 17.5. The van der Waals surface area contributed by atoms with E-state index in [4.69, 9.17) is 9.47 Å². The average Bonchev–Trinajstić information content (AvgIpc) is 2.65. The molecule has 0 aliphatic rings. The van der Waals surface area contributed by atoms with Gasteiger partial charge < -0.3 is 14.8 Å². The third-order valence-corrected chi connectivity index (χ3v) is 3.70. The maximum Gasteiger partial charge on any atom is 0.251 e. The van der Waals surface area contributed by atoms with Crippen molar-refractivity contribution in [2.75, 3.05) is 14.2 Å². The second kappa shape index (κ2) is 8.15. The predicted molar refractivity (Wildman–Crippen MR) is 91.8 cm³/mol. The molecule has 0 spiro atoms. The molecule has 0 fully saturated rings. The minimum Gasteiger partial charge on any atom is -0.497 e. The fourth-order valence-electron chi connectivity index (χ4n) is 2.31. The molecule has 0 unspecified atom stereocenters. The summed E-state index contributed by atoms with van der Waals surface area (Å²) in [6.45, 7) is 2.11. The van der Waals surface area contributed by atoms with Crippen molar-refractivity contribution in [2.24, 2.45) is 0 Å². The molecule has 126 valence electrons. The Morgan fingerprint density at radius 2 is 1.75 bits per heavy atom. The topological polar surface area (TPSA) is 64.6 Å². The van der Waals surface area contributed by atoms with Crippen molar-refractivity contribution in [3.05, 3.63) is 59.2 Å². The molecular formula is C19H21NO4. The Balaban J connectivity index is 2.10. The summed E-state index contributed by atoms with van der Waals surface area (Å²) in [5.74, 6) is 1.11. The van der Waals surface area contributed by atoms with Gasteiger partial charge in [-0.1, -0.05) is 19.1 Å². The maximum absolute atomic E-state index is 12.3. The van der Waals surface area contributed by atoms with Crippen LogP contribution >= 0.6 is 0 Å². The Morgan fingerprint density at radius 1 is 1.00 bits per heavy atom. The highest BCUT2D eigenvalue weighted by molar-refractivity contribution is 6.00. The van der Waals surface area contributed by atoms with Crippen LogP contribution in [0.15, 0.2) is 42.5 Å². The quantitative estimate of drug-likeness (QED) is 0.793. The van der Waals surface area contributed by atoms with Gasteiger partial charge in [0.2, 0.25) is 0 Å². The van der Waals surface area contributed by atoms with E-state index in [2.05, 4.69) is 5.32 Å². The summed E-state index contributed by atoms with van der Waals surface area (Å²) in [6.07, 6.45) is 0.411. The van der Waals surface area contributed by atoms with E-state index in [1.807, 2.05) is 12.1 Å². The Morgan fingerprint density at radius 3 is 2.42 bits per heavy atom. The molecule has 0 bridgehead atoms. The number of amides is 1. The lowest BCUT2D eigenvalue weighted by atomic mass is 10.1. The van der Waals surface area contributed by atoms with Crippen LogP contribution in [0.4, 0.5) is 0 Å². The first-order valence-corrected chi connectivity index (χ1v) is 7.71. The molecule has 0 radical (unpaired) electrons. The van der Waals surface area contributed by atoms with E-state index in [0.29, 0.717) is 35.6 Å². The zero-order chi connectivity index (χ0) is 17.5. The number of hydrogen-bond acceptors (Lipinski definition) is 4. The normalized spacial score (nSPS) is 10.1. The second-order valence-corrected chi connectivity index (χ2v) is 5.22. The van der Waals surface area contributed by atoms with E-state index in [1.165, 1.54) is 0 Å². The van der Waals surface area contributed by atoms with Gasteiger partial charge in [0.05, 0.1) is 14.2 Å². The highest BCUT2D eigenvalue weighted by atomic mass is 16.5. The number of carbonyl (C=O) groups is 2. The number of carbonyl (C=O) groups excluding carboxylic acids is 2. The molecule has 2 rings (SSSR count). The van der Waals surface area contributed by atoms with Gasteiger partial charge in [-0.2, -0.15) is 0 Å². The van der Waals surface area contributed by atoms with Crippen LogP contribution in [0.5, 0.6) is 11.5 Å². The fourth-order valence-corrected chi connectivity index (χ4v) is 2.31. The van der Waals surface area contributed by atoms with Crippen LogP contribution in [0.3, 0.4) is 0 Å². The predicted octanol–water partition coefficient (Wildman–Crippen LogP) is 3.23. The molecule has 5 heteroatoms. The van der Waals surface area contributed by atoms with Crippen molar-refractivity contribution in [1.82, 2.24) is 5.32 Å². The van der Waals surface area contributed by atoms with Gasteiger partial charge in [-0.25, -0.2) is 0 Å². The third-order valence-electron chi connectivity index (χ3n) is 3.70. The number of methoxy groups -OCH3 is 2. The maximum atomic E-state index is 12.3. The number of hydrogen-bond donors (Lipinski definition) is 1. The van der Waals surface area contributed by atoms with Crippen LogP contribution in [0, 0.1) is 0 Å². The minimum absolute atomic E-state index is 0.0153. The van der Waals surface area contributed by atoms with Crippen molar-refractivity contribution in [3.63, 3.8) is 0 Å². The van der Waals surface area contributed by atoms with Gasteiger partial charge in [0, 0.05) is 35.7 Å². The van der Waals surface area contributed by atoms with E-state index < -0.39 is 0 Å². The highest BCUT2D eigenvalue weighted by Gasteiger charge is 2.11. The summed E-state index contributed by atoms with van der Waals surface area (Å²) in [6, 6.07) is 12.2. The number of Topliss-reactive ketones (excluding diaryl/α,β-unsaturated/α-hetero) is 1. The SMILES string of the molecule is CCC(=O)c1cccc(C(=O)NCc2ccc(OC)cc2OC)c1. The number of ether oxygens (including phenoxy) is 2. The van der Waals surface area contributed by atoms with Gasteiger partial charge in [-0.05, 0) is 24.3 Å². The number of benzene rings is 2. The Labute approximate surface area is 141 Å². The molecule has 0 aliphatic carbocycles. The van der Waals surface area contributed by atoms with Crippen molar-refractivity contribution in [1.29, 1.82) is 0 Å². The van der Waals surface area contributed by atoms with Gasteiger partial charge in [0.25, 0.3) is 5.91 Å². The molecule has 0 heterocycles. The number of ketones is 1. The summed E-state index contributed by atoms with van der Waals surface area (Å²) >= 11 is 0. The van der Waals surface area contributed by atoms with E-state index in [9.17, 15) is 9.59 Å². The van der Waals surface area contributed by atoms with Gasteiger partial charge in [-0.15, -0.1) is 0 Å². The molecule has 1 N–H and O–H groups in total. The Bertz CT molecular complexity index is 740. The molecule has 0 aliphatic heterocycles. The Kier molecular flexibility index (Phi) is 5.95. The molecule has 2 aromatic rings. The summed E-state index contributed by atoms with van der Waals surface area (Å²) in [4.78, 5) is 24.1. The van der Waals surface area contributed by atoms with Crippen molar-refractivity contribution in [2.45, 2.75) is 19.9 Å². The monoisotopic (exact) mass is 327 g/mol. The largest absolute Gasteiger partial charge is 0.497 e. The van der Waals surface area contributed by atoms with Crippen molar-refractivity contribution >= 4 is 11.7 Å². The lowest BCUT2D eigenvalue weighted by molar-refractivity contribution is 0.0950. The summed E-state index contributed by atoms with van der Waals surface area (Å²) in [5, 5.41) is 2.84. The van der Waals surface area contributed by atoms with Gasteiger partial charge in [0.1, 0.15) is 11.5 Å². The van der Waals surface area contributed by atoms with E-state index in [1.54, 1.807) is 51.5 Å². The molecule has 0 aromatic heterocycles. The fraction of sp³-hybridized carbons (Fsp3) is 0.263. The van der Waals surface area contributed by atoms with Crippen LogP contribution in [0.2, 0.25) is 0 Å². The molecule has 0 saturated carbocycles. The summed E-state index contributed by atoms with van der Waals surface area (Å²) in [7, 11) is 3.15. The smallest absolute Gasteiger partial charge is 0.251 e. The van der Waals surface area contributed by atoms with Gasteiger partial charge >= 0.3 is 0 Å². The van der Waals surface area contributed by atoms with Crippen LogP contribution in [-0.4, -0.2) is 25.9 Å². The van der Waals surface area contributed by atoms with Crippen molar-refractivity contribution in [3.8, 4) is 11.5 Å². The lowest BCUT2D eigenvalue weighted by Gasteiger charge is -2.11. The number of nitrogens with one attached hydrogen (secondary N) is 1. The van der Waals surface area contributed by atoms with Crippen LogP contribution in [-0.2, 0) is 6.54 Å². The second-order valence-electron chi connectivity index (χ2n) is 5.22. The highest BCUT2D eigenvalue weighted by Crippen LogP contribution is 2.24. The lowest BCUT2D eigenvalue weighted by Crippen LogP contribution is -2.23. The number of rotatable bonds is 7. The molecule has 0 atom stereocenters. The van der Waals surface area contributed by atoms with Gasteiger partial charge in [-0.3, -0.25) is 9.59 Å². The molecule has 2 aromatic carbocycles. The van der Waals surface area contributed by atoms with Crippen LogP contribution < -0.4 is 14.8 Å². The van der Waals surface area contributed by atoms with E-state index >= 15 is 0 Å². The molecular weight excluding hydrogens is 306 g/mol. The van der Waals surface area contributed by atoms with Crippen LogP contribution in [0.1, 0.15) is 39.6 Å². The zero-order valence-electron chi connectivity index (χ0n) is 14.1. The minimum atomic E-state index is -0.237. The molecule has 1 amide bonds. The Hall–Kier alpha value is -2.82. The average molecular weight is 327 g/mol. The van der Waals surface area contributed by atoms with Gasteiger partial charge in [0.15, 0.2) is 5.78 Å². The van der Waals surface area contributed by atoms with Crippen LogP contribution in [0.25, 0.3) is 0 Å². The summed E-state index contributed by atoms with van der Waals surface area (Å²) in [5.41, 5.74) is 1.85. The van der Waals surface area contributed by atoms with Crippen molar-refractivity contribution < 1.29 is 19.1 Å². The molecule has 24 heavy (non-hydrogen) atoms. The summed E-state index contributed by atoms with van der Waals surface area (Å²) < 4.78 is 10.5.